The third-order valence-corrected chi connectivity index (χ3v) is 6.28. The Bertz CT molecular complexity index is 885. The van der Waals surface area contributed by atoms with Crippen molar-refractivity contribution in [2.24, 2.45) is 16.3 Å². The summed E-state index contributed by atoms with van der Waals surface area (Å²) in [6.45, 7) is 6.87. The minimum absolute atomic E-state index is 0.0992. The number of ether oxygens (including phenoxy) is 1. The van der Waals surface area contributed by atoms with Crippen LogP contribution in [0.2, 0.25) is 0 Å². The van der Waals surface area contributed by atoms with Crippen LogP contribution in [0.4, 0.5) is 5.00 Å². The number of hydrogen-bond donors (Lipinski definition) is 1. The van der Waals surface area contributed by atoms with Gasteiger partial charge in [0, 0.05) is 11.1 Å². The molecule has 1 atom stereocenters. The van der Waals surface area contributed by atoms with Crippen molar-refractivity contribution < 1.29 is 9.84 Å². The molecule has 3 rings (SSSR count). The molecule has 0 unspecified atom stereocenters. The molecule has 0 saturated heterocycles. The first-order chi connectivity index (χ1) is 12.3. The van der Waals surface area contributed by atoms with Crippen molar-refractivity contribution in [2.45, 2.75) is 40.0 Å². The van der Waals surface area contributed by atoms with Crippen LogP contribution in [-0.4, -0.2) is 18.4 Å². The Kier molecular flexibility index (Phi) is 5.06. The summed E-state index contributed by atoms with van der Waals surface area (Å²) in [6.07, 6.45) is 4.83. The monoisotopic (exact) mass is 368 g/mol. The Morgan fingerprint density at radius 1 is 1.38 bits per heavy atom. The van der Waals surface area contributed by atoms with Gasteiger partial charge < -0.3 is 9.84 Å². The fraction of sp³-hybridized carbons (Fsp3) is 0.429. The predicted octanol–water partition coefficient (Wildman–Crippen LogP) is 5.24. The van der Waals surface area contributed by atoms with Crippen LogP contribution in [-0.2, 0) is 12.8 Å². The SMILES string of the molecule is COc1cc(C=Nc2sc3c(c2C#N)CC[C@@H](C(C)(C)C)C3)ccc1O. The van der Waals surface area contributed by atoms with Crippen LogP contribution < -0.4 is 4.74 Å². The number of nitrogens with zero attached hydrogens (tertiary/aromatic N) is 2. The van der Waals surface area contributed by atoms with Crippen LogP contribution in [0.25, 0.3) is 0 Å². The fourth-order valence-corrected chi connectivity index (χ4v) is 4.65. The maximum absolute atomic E-state index is 9.69. The van der Waals surface area contributed by atoms with E-state index in [0.29, 0.717) is 11.7 Å². The van der Waals surface area contributed by atoms with E-state index in [0.717, 1.165) is 35.4 Å². The molecular weight excluding hydrogens is 344 g/mol. The largest absolute Gasteiger partial charge is 0.504 e. The highest BCUT2D eigenvalue weighted by atomic mass is 32.1. The Labute approximate surface area is 158 Å². The molecule has 2 aromatic rings. The third kappa shape index (κ3) is 3.61. The Morgan fingerprint density at radius 3 is 2.81 bits per heavy atom. The lowest BCUT2D eigenvalue weighted by Gasteiger charge is -2.33. The van der Waals surface area contributed by atoms with E-state index in [1.54, 1.807) is 35.8 Å². The van der Waals surface area contributed by atoms with Gasteiger partial charge in [0.1, 0.15) is 11.1 Å². The lowest BCUT2D eigenvalue weighted by atomic mass is 9.72. The highest BCUT2D eigenvalue weighted by molar-refractivity contribution is 7.16. The van der Waals surface area contributed by atoms with Crippen molar-refractivity contribution in [1.82, 2.24) is 0 Å². The van der Waals surface area contributed by atoms with E-state index in [2.05, 4.69) is 31.8 Å². The van der Waals surface area contributed by atoms with Crippen molar-refractivity contribution in [3.63, 3.8) is 0 Å². The smallest absolute Gasteiger partial charge is 0.161 e. The first-order valence-electron chi connectivity index (χ1n) is 8.79. The molecule has 0 saturated carbocycles. The van der Waals surface area contributed by atoms with Gasteiger partial charge in [-0.1, -0.05) is 20.8 Å². The summed E-state index contributed by atoms with van der Waals surface area (Å²) in [4.78, 5) is 5.89. The molecule has 1 N–H and O–H groups in total. The number of hydrogen-bond acceptors (Lipinski definition) is 5. The van der Waals surface area contributed by atoms with Gasteiger partial charge in [0.05, 0.1) is 12.7 Å². The minimum Gasteiger partial charge on any atom is -0.504 e. The van der Waals surface area contributed by atoms with Crippen molar-refractivity contribution >= 4 is 22.6 Å². The maximum Gasteiger partial charge on any atom is 0.161 e. The molecule has 1 aliphatic carbocycles. The normalized spacial score (nSPS) is 17.1. The molecule has 5 heteroatoms. The number of phenolic OH excluding ortho intramolecular Hbond substituents is 1. The zero-order valence-electron chi connectivity index (χ0n) is 15.7. The average Bonchev–Trinajstić information content (AvgIpc) is 2.96. The number of rotatable bonds is 3. The van der Waals surface area contributed by atoms with E-state index >= 15 is 0 Å². The first kappa shape index (κ1) is 18.5. The molecule has 0 fully saturated rings. The van der Waals surface area contributed by atoms with E-state index in [-0.39, 0.29) is 11.2 Å². The second-order valence-electron chi connectivity index (χ2n) is 7.79. The standard InChI is InChI=1S/C21H24N2O2S/c1-21(2,3)14-6-7-15-16(11-22)20(26-19(15)10-14)23-12-13-5-8-17(24)18(9-13)25-4/h5,8-9,12,14,24H,6-7,10H2,1-4H3/t14-/m1/s1. The first-order valence-corrected chi connectivity index (χ1v) is 9.61. The number of benzene rings is 1. The van der Waals surface area contributed by atoms with Gasteiger partial charge in [-0.3, -0.25) is 0 Å². The number of nitriles is 1. The quantitative estimate of drug-likeness (QED) is 0.754. The van der Waals surface area contributed by atoms with Gasteiger partial charge in [-0.25, -0.2) is 4.99 Å². The second kappa shape index (κ2) is 7.13. The van der Waals surface area contributed by atoms with Crippen molar-refractivity contribution in [2.75, 3.05) is 7.11 Å². The van der Waals surface area contributed by atoms with Gasteiger partial charge in [0.25, 0.3) is 0 Å². The van der Waals surface area contributed by atoms with Crippen molar-refractivity contribution in [3.05, 3.63) is 39.8 Å². The molecule has 1 aromatic heterocycles. The number of methoxy groups -OCH3 is 1. The molecule has 0 amide bonds. The molecule has 1 aliphatic rings. The Hall–Kier alpha value is -2.32. The van der Waals surface area contributed by atoms with E-state index in [1.165, 1.54) is 17.6 Å². The summed E-state index contributed by atoms with van der Waals surface area (Å²) in [5.74, 6) is 1.15. The van der Waals surface area contributed by atoms with Crippen molar-refractivity contribution in [1.29, 1.82) is 5.26 Å². The van der Waals surface area contributed by atoms with Crippen LogP contribution in [0.1, 0.15) is 48.8 Å². The molecular formula is C21H24N2O2S. The Balaban J connectivity index is 1.90. The number of fused-ring (bicyclic) bond motifs is 1. The van der Waals surface area contributed by atoms with Gasteiger partial charge in [0.15, 0.2) is 11.5 Å². The van der Waals surface area contributed by atoms with Crippen molar-refractivity contribution in [3.8, 4) is 17.6 Å². The number of aromatic hydroxyl groups is 1. The molecule has 0 spiro atoms. The summed E-state index contributed by atoms with van der Waals surface area (Å²) in [6, 6.07) is 7.44. The molecule has 0 radical (unpaired) electrons. The summed E-state index contributed by atoms with van der Waals surface area (Å²) < 4.78 is 5.13. The molecule has 4 nitrogen and oxygen atoms in total. The molecule has 26 heavy (non-hydrogen) atoms. The van der Waals surface area contributed by atoms with Crippen LogP contribution >= 0.6 is 11.3 Å². The van der Waals surface area contributed by atoms with Gasteiger partial charge >= 0.3 is 0 Å². The lowest BCUT2D eigenvalue weighted by Crippen LogP contribution is -2.26. The van der Waals surface area contributed by atoms with Gasteiger partial charge in [-0.05, 0) is 59.9 Å². The highest BCUT2D eigenvalue weighted by Crippen LogP contribution is 2.44. The molecule has 0 bridgehead atoms. The summed E-state index contributed by atoms with van der Waals surface area (Å²) in [5.41, 5.74) is 3.01. The summed E-state index contributed by atoms with van der Waals surface area (Å²) >= 11 is 1.64. The third-order valence-electron chi connectivity index (χ3n) is 5.12. The van der Waals surface area contributed by atoms with Crippen LogP contribution in [0.3, 0.4) is 0 Å². The number of phenols is 1. The average molecular weight is 369 g/mol. The molecule has 1 aromatic carbocycles. The summed E-state index contributed by atoms with van der Waals surface area (Å²) in [7, 11) is 1.52. The zero-order chi connectivity index (χ0) is 18.9. The second-order valence-corrected chi connectivity index (χ2v) is 8.87. The maximum atomic E-state index is 9.69. The van der Waals surface area contributed by atoms with Gasteiger partial charge in [-0.15, -0.1) is 11.3 Å². The van der Waals surface area contributed by atoms with Crippen LogP contribution in [0.5, 0.6) is 11.5 Å². The van der Waals surface area contributed by atoms with Crippen LogP contribution in [0, 0.1) is 22.7 Å². The topological polar surface area (TPSA) is 65.6 Å². The summed E-state index contributed by atoms with van der Waals surface area (Å²) in [5, 5.41) is 20.1. The predicted molar refractivity (Wildman–Crippen MR) is 106 cm³/mol. The number of thiophene rings is 1. The molecule has 136 valence electrons. The van der Waals surface area contributed by atoms with E-state index in [4.69, 9.17) is 4.74 Å². The Morgan fingerprint density at radius 2 is 2.15 bits per heavy atom. The van der Waals surface area contributed by atoms with Crippen LogP contribution in [0.15, 0.2) is 23.2 Å². The highest BCUT2D eigenvalue weighted by Gasteiger charge is 2.32. The minimum atomic E-state index is 0.0992. The molecule has 1 heterocycles. The fourth-order valence-electron chi connectivity index (χ4n) is 3.42. The van der Waals surface area contributed by atoms with E-state index < -0.39 is 0 Å². The zero-order valence-corrected chi connectivity index (χ0v) is 16.5. The van der Waals surface area contributed by atoms with Gasteiger partial charge in [0.2, 0.25) is 0 Å². The van der Waals surface area contributed by atoms with E-state index in [1.807, 2.05) is 0 Å². The van der Waals surface area contributed by atoms with Gasteiger partial charge in [-0.2, -0.15) is 5.26 Å². The number of aliphatic imine (C=N–C) groups is 1. The lowest BCUT2D eigenvalue weighted by molar-refractivity contribution is 0.218. The van der Waals surface area contributed by atoms with E-state index in [9.17, 15) is 10.4 Å². The molecule has 0 aliphatic heterocycles.